The summed E-state index contributed by atoms with van der Waals surface area (Å²) in [5, 5.41) is 4.56. The van der Waals surface area contributed by atoms with E-state index in [1.165, 1.54) is 11.1 Å². The van der Waals surface area contributed by atoms with Gasteiger partial charge in [0.25, 0.3) is 0 Å². The van der Waals surface area contributed by atoms with Crippen LogP contribution in [0.4, 0.5) is 5.69 Å². The van der Waals surface area contributed by atoms with Crippen molar-refractivity contribution in [3.8, 4) is 5.75 Å². The fraction of sp³-hybridized carbons (Fsp3) is 0.400. The second-order valence-electron chi connectivity index (χ2n) is 4.90. The number of anilines is 1. The van der Waals surface area contributed by atoms with E-state index in [1.54, 1.807) is 7.11 Å². The Hall–Kier alpha value is -1.81. The molecule has 1 aromatic carbocycles. The number of rotatable bonds is 2. The van der Waals surface area contributed by atoms with Crippen molar-refractivity contribution in [2.75, 3.05) is 38.2 Å². The first-order valence-electron chi connectivity index (χ1n) is 6.69. The number of benzene rings is 1. The summed E-state index contributed by atoms with van der Waals surface area (Å²) >= 11 is 0. The minimum atomic E-state index is 0.884. The van der Waals surface area contributed by atoms with E-state index in [2.05, 4.69) is 34.3 Å². The number of nitrogens with one attached hydrogen (secondary N) is 1. The zero-order valence-electron chi connectivity index (χ0n) is 11.4. The average Bonchev–Trinajstić information content (AvgIpc) is 2.47. The zero-order chi connectivity index (χ0) is 13.2. The molecule has 4 heteroatoms. The van der Waals surface area contributed by atoms with Gasteiger partial charge in [0.2, 0.25) is 0 Å². The largest absolute Gasteiger partial charge is 0.497 e. The molecular formula is C15H19N3O. The maximum Gasteiger partial charge on any atom is 0.119 e. The van der Waals surface area contributed by atoms with E-state index >= 15 is 0 Å². The molecule has 1 saturated heterocycles. The van der Waals surface area contributed by atoms with Gasteiger partial charge < -0.3 is 15.0 Å². The second kappa shape index (κ2) is 5.05. The molecule has 100 valence electrons. The fourth-order valence-corrected chi connectivity index (χ4v) is 2.61. The zero-order valence-corrected chi connectivity index (χ0v) is 11.4. The smallest absolute Gasteiger partial charge is 0.119 e. The molecule has 1 aromatic heterocycles. The van der Waals surface area contributed by atoms with Crippen molar-refractivity contribution >= 4 is 16.6 Å². The molecule has 0 aliphatic carbocycles. The van der Waals surface area contributed by atoms with Crippen LogP contribution in [-0.4, -0.2) is 38.3 Å². The van der Waals surface area contributed by atoms with Crippen molar-refractivity contribution in [3.05, 3.63) is 30.0 Å². The van der Waals surface area contributed by atoms with Crippen LogP contribution in [0.15, 0.2) is 24.3 Å². The topological polar surface area (TPSA) is 37.4 Å². The molecule has 4 nitrogen and oxygen atoms in total. The van der Waals surface area contributed by atoms with Crippen LogP contribution in [0.2, 0.25) is 0 Å². The third-order valence-electron chi connectivity index (χ3n) is 3.58. The molecule has 1 N–H and O–H groups in total. The number of methoxy groups -OCH3 is 1. The van der Waals surface area contributed by atoms with Gasteiger partial charge in [-0.15, -0.1) is 0 Å². The van der Waals surface area contributed by atoms with Crippen molar-refractivity contribution in [3.63, 3.8) is 0 Å². The van der Waals surface area contributed by atoms with Crippen molar-refractivity contribution in [1.29, 1.82) is 0 Å². The van der Waals surface area contributed by atoms with Crippen LogP contribution in [0.5, 0.6) is 5.75 Å². The van der Waals surface area contributed by atoms with Crippen LogP contribution in [0.1, 0.15) is 5.69 Å². The summed E-state index contributed by atoms with van der Waals surface area (Å²) in [5.74, 6) is 0.884. The lowest BCUT2D eigenvalue weighted by Gasteiger charge is -2.30. The van der Waals surface area contributed by atoms with Gasteiger partial charge in [-0.2, -0.15) is 0 Å². The Balaban J connectivity index is 2.14. The first kappa shape index (κ1) is 12.2. The molecular weight excluding hydrogens is 238 g/mol. The Morgan fingerprint density at radius 3 is 2.74 bits per heavy atom. The molecule has 3 rings (SSSR count). The Morgan fingerprint density at radius 1 is 1.21 bits per heavy atom. The maximum atomic E-state index is 5.34. The van der Waals surface area contributed by atoms with Crippen molar-refractivity contribution < 1.29 is 4.74 Å². The Kier molecular flexibility index (Phi) is 3.25. The maximum absolute atomic E-state index is 5.34. The molecule has 0 unspecified atom stereocenters. The van der Waals surface area contributed by atoms with Gasteiger partial charge in [-0.25, -0.2) is 0 Å². The average molecular weight is 257 g/mol. The predicted octanol–water partition coefficient (Wildman–Crippen LogP) is 1.96. The number of pyridine rings is 1. The Labute approximate surface area is 113 Å². The molecule has 0 spiro atoms. The lowest BCUT2D eigenvalue weighted by Crippen LogP contribution is -2.43. The van der Waals surface area contributed by atoms with Gasteiger partial charge in [-0.1, -0.05) is 0 Å². The molecule has 0 atom stereocenters. The molecule has 19 heavy (non-hydrogen) atoms. The van der Waals surface area contributed by atoms with Gasteiger partial charge in [-0.05, 0) is 31.2 Å². The Bertz CT molecular complexity index is 591. The molecule has 1 aliphatic rings. The molecule has 0 saturated carbocycles. The lowest BCUT2D eigenvalue weighted by molar-refractivity contribution is 0.415. The molecule has 2 aromatic rings. The highest BCUT2D eigenvalue weighted by atomic mass is 16.5. The number of fused-ring (bicyclic) bond motifs is 1. The van der Waals surface area contributed by atoms with Gasteiger partial charge in [-0.3, -0.25) is 4.98 Å². The number of piperazine rings is 1. The number of aromatic nitrogens is 1. The highest BCUT2D eigenvalue weighted by molar-refractivity contribution is 5.93. The van der Waals surface area contributed by atoms with Crippen molar-refractivity contribution in [2.24, 2.45) is 0 Å². The number of nitrogens with zero attached hydrogens (tertiary/aromatic N) is 2. The predicted molar refractivity (Wildman–Crippen MR) is 78.1 cm³/mol. The first-order chi connectivity index (χ1) is 9.28. The molecule has 1 fully saturated rings. The third-order valence-corrected chi connectivity index (χ3v) is 3.58. The van der Waals surface area contributed by atoms with Crippen LogP contribution in [0, 0.1) is 6.92 Å². The Morgan fingerprint density at radius 2 is 2.00 bits per heavy atom. The lowest BCUT2D eigenvalue weighted by atomic mass is 10.1. The summed E-state index contributed by atoms with van der Waals surface area (Å²) < 4.78 is 5.34. The minimum absolute atomic E-state index is 0.884. The third kappa shape index (κ3) is 2.36. The molecule has 2 heterocycles. The summed E-state index contributed by atoms with van der Waals surface area (Å²) in [6.45, 7) is 6.19. The standard InChI is InChI=1S/C15H19N3O/c1-11-9-15(18-7-5-16-6-8-18)13-10-12(19-2)3-4-14(13)17-11/h3-4,9-10,16H,5-8H2,1-2H3. The van der Waals surface area contributed by atoms with Crippen LogP contribution >= 0.6 is 0 Å². The number of aryl methyl sites for hydroxylation is 1. The second-order valence-corrected chi connectivity index (χ2v) is 4.90. The monoisotopic (exact) mass is 257 g/mol. The van der Waals surface area contributed by atoms with E-state index in [4.69, 9.17) is 4.74 Å². The van der Waals surface area contributed by atoms with Crippen molar-refractivity contribution in [2.45, 2.75) is 6.92 Å². The molecule has 0 radical (unpaired) electrons. The van der Waals surface area contributed by atoms with E-state index < -0.39 is 0 Å². The van der Waals surface area contributed by atoms with E-state index in [9.17, 15) is 0 Å². The van der Waals surface area contributed by atoms with Gasteiger partial charge in [0, 0.05) is 42.9 Å². The van der Waals surface area contributed by atoms with Gasteiger partial charge in [0.1, 0.15) is 5.75 Å². The van der Waals surface area contributed by atoms with E-state index in [0.717, 1.165) is 43.1 Å². The van der Waals surface area contributed by atoms with Gasteiger partial charge in [0.15, 0.2) is 0 Å². The number of ether oxygens (including phenoxy) is 1. The fourth-order valence-electron chi connectivity index (χ4n) is 2.61. The van der Waals surface area contributed by atoms with E-state index in [1.807, 2.05) is 12.1 Å². The highest BCUT2D eigenvalue weighted by Crippen LogP contribution is 2.30. The number of hydrogen-bond donors (Lipinski definition) is 1. The van der Waals surface area contributed by atoms with E-state index in [0.29, 0.717) is 0 Å². The van der Waals surface area contributed by atoms with Crippen LogP contribution in [-0.2, 0) is 0 Å². The van der Waals surface area contributed by atoms with Crippen molar-refractivity contribution in [1.82, 2.24) is 10.3 Å². The summed E-state index contributed by atoms with van der Waals surface area (Å²) in [4.78, 5) is 7.03. The first-order valence-corrected chi connectivity index (χ1v) is 6.69. The van der Waals surface area contributed by atoms with E-state index in [-0.39, 0.29) is 0 Å². The molecule has 1 aliphatic heterocycles. The quantitative estimate of drug-likeness (QED) is 0.892. The summed E-state index contributed by atoms with van der Waals surface area (Å²) in [7, 11) is 1.70. The summed E-state index contributed by atoms with van der Waals surface area (Å²) in [6.07, 6.45) is 0. The van der Waals surface area contributed by atoms with Crippen LogP contribution in [0.25, 0.3) is 10.9 Å². The molecule has 0 amide bonds. The van der Waals surface area contributed by atoms with Crippen LogP contribution < -0.4 is 15.0 Å². The van der Waals surface area contributed by atoms with Gasteiger partial charge >= 0.3 is 0 Å². The summed E-state index contributed by atoms with van der Waals surface area (Å²) in [6, 6.07) is 8.26. The number of hydrogen-bond acceptors (Lipinski definition) is 4. The van der Waals surface area contributed by atoms with Gasteiger partial charge in [0.05, 0.1) is 12.6 Å². The SMILES string of the molecule is COc1ccc2nc(C)cc(N3CCNCC3)c2c1. The minimum Gasteiger partial charge on any atom is -0.497 e. The summed E-state index contributed by atoms with van der Waals surface area (Å²) in [5.41, 5.74) is 3.36. The van der Waals surface area contributed by atoms with Crippen LogP contribution in [0.3, 0.4) is 0 Å². The normalized spacial score (nSPS) is 15.8. The highest BCUT2D eigenvalue weighted by Gasteiger charge is 2.14. The molecule has 0 bridgehead atoms.